The predicted octanol–water partition coefficient (Wildman–Crippen LogP) is 1.74. The minimum absolute atomic E-state index is 0.0112. The van der Waals surface area contributed by atoms with Crippen LogP contribution >= 0.6 is 11.3 Å². The molecule has 0 unspecified atom stereocenters. The quantitative estimate of drug-likeness (QED) is 0.265. The Morgan fingerprint density at radius 3 is 2.52 bits per heavy atom. The van der Waals surface area contributed by atoms with Crippen molar-refractivity contribution in [1.82, 2.24) is 10.2 Å². The number of ether oxygens (including phenoxy) is 1. The van der Waals surface area contributed by atoms with Gasteiger partial charge in [-0.25, -0.2) is 4.79 Å². The zero-order valence-electron chi connectivity index (χ0n) is 17.7. The maximum Gasteiger partial charge on any atom is 0.341 e. The molecule has 1 aliphatic rings. The fourth-order valence-electron chi connectivity index (χ4n) is 3.30. The molecule has 0 saturated heterocycles. The number of rotatable bonds is 7. The molecule has 2 N–H and O–H groups in total. The van der Waals surface area contributed by atoms with Crippen LogP contribution in [0.2, 0.25) is 0 Å². The van der Waals surface area contributed by atoms with E-state index in [-0.39, 0.29) is 33.2 Å². The van der Waals surface area contributed by atoms with E-state index in [1.807, 2.05) is 0 Å². The summed E-state index contributed by atoms with van der Waals surface area (Å²) in [5.74, 6) is -3.91. The topological polar surface area (TPSA) is 165 Å². The van der Waals surface area contributed by atoms with E-state index in [1.165, 1.54) is 26.1 Å². The summed E-state index contributed by atoms with van der Waals surface area (Å²) in [6, 6.07) is 3.62. The van der Waals surface area contributed by atoms with E-state index < -0.39 is 46.8 Å². The van der Waals surface area contributed by atoms with Crippen LogP contribution in [0.4, 0.5) is 10.7 Å². The zero-order valence-corrected chi connectivity index (χ0v) is 18.5. The lowest BCUT2D eigenvalue weighted by molar-refractivity contribution is -0.385. The summed E-state index contributed by atoms with van der Waals surface area (Å²) in [7, 11) is 1.41. The molecule has 0 radical (unpaired) electrons. The molecule has 3 rings (SSSR count). The number of nitrogens with zero attached hydrogens (tertiary/aromatic N) is 2. The van der Waals surface area contributed by atoms with Gasteiger partial charge in [-0.2, -0.15) is 0 Å². The Labute approximate surface area is 190 Å². The van der Waals surface area contributed by atoms with E-state index in [4.69, 9.17) is 4.74 Å². The van der Waals surface area contributed by atoms with E-state index >= 15 is 0 Å². The highest BCUT2D eigenvalue weighted by Crippen LogP contribution is 2.34. The molecule has 0 saturated carbocycles. The third-order valence-corrected chi connectivity index (χ3v) is 5.99. The molecule has 1 aromatic carbocycles. The van der Waals surface area contributed by atoms with Crippen LogP contribution in [0.25, 0.3) is 0 Å². The molecule has 0 aliphatic carbocycles. The van der Waals surface area contributed by atoms with Gasteiger partial charge in [0.05, 0.1) is 27.5 Å². The normalized spacial score (nSPS) is 12.4. The van der Waals surface area contributed by atoms with Crippen molar-refractivity contribution >= 4 is 51.6 Å². The fourth-order valence-corrected chi connectivity index (χ4v) is 4.46. The number of carbonyl (C=O) groups is 5. The van der Waals surface area contributed by atoms with Gasteiger partial charge in [-0.05, 0) is 25.5 Å². The van der Waals surface area contributed by atoms with Crippen LogP contribution in [0.1, 0.15) is 53.2 Å². The Morgan fingerprint density at radius 2 is 1.91 bits per heavy atom. The van der Waals surface area contributed by atoms with Crippen LogP contribution in [0.3, 0.4) is 0 Å². The van der Waals surface area contributed by atoms with Crippen molar-refractivity contribution in [2.45, 2.75) is 13.8 Å². The van der Waals surface area contributed by atoms with Crippen molar-refractivity contribution in [1.29, 1.82) is 0 Å². The Hall–Kier alpha value is -4.13. The lowest BCUT2D eigenvalue weighted by atomic mass is 10.1. The SMILES string of the molecule is CCOC(=O)c1c(NC(=O)CN2C(=O)c3cccc([N+](=O)[O-])c3C2=O)sc(C(=O)NC)c1C. The van der Waals surface area contributed by atoms with E-state index in [0.29, 0.717) is 10.5 Å². The van der Waals surface area contributed by atoms with Gasteiger partial charge in [-0.1, -0.05) is 6.07 Å². The number of anilines is 1. The number of benzene rings is 1. The molecule has 2 heterocycles. The lowest BCUT2D eigenvalue weighted by Crippen LogP contribution is -2.37. The first kappa shape index (κ1) is 23.5. The highest BCUT2D eigenvalue weighted by atomic mass is 32.1. The molecular weight excluding hydrogens is 456 g/mol. The van der Waals surface area contributed by atoms with Gasteiger partial charge in [0.2, 0.25) is 5.91 Å². The van der Waals surface area contributed by atoms with E-state index in [2.05, 4.69) is 10.6 Å². The fraction of sp³-hybridized carbons (Fsp3) is 0.250. The van der Waals surface area contributed by atoms with Crippen LogP contribution < -0.4 is 10.6 Å². The van der Waals surface area contributed by atoms with Crippen molar-refractivity contribution in [3.05, 3.63) is 55.4 Å². The summed E-state index contributed by atoms with van der Waals surface area (Å²) >= 11 is 0.832. The van der Waals surface area contributed by atoms with Gasteiger partial charge < -0.3 is 15.4 Å². The molecule has 0 atom stereocenters. The largest absolute Gasteiger partial charge is 0.462 e. The monoisotopic (exact) mass is 474 g/mol. The highest BCUT2D eigenvalue weighted by molar-refractivity contribution is 7.18. The Morgan fingerprint density at radius 1 is 1.21 bits per heavy atom. The Bertz CT molecular complexity index is 1220. The molecule has 1 aromatic heterocycles. The molecule has 2 aromatic rings. The maximum absolute atomic E-state index is 12.7. The number of hydrogen-bond acceptors (Lipinski definition) is 9. The molecule has 0 spiro atoms. The molecule has 12 nitrogen and oxygen atoms in total. The third-order valence-electron chi connectivity index (χ3n) is 4.79. The van der Waals surface area contributed by atoms with Crippen molar-refractivity contribution < 1.29 is 33.6 Å². The first-order valence-corrected chi connectivity index (χ1v) is 10.4. The number of nitrogens with one attached hydrogen (secondary N) is 2. The molecule has 4 amide bonds. The summed E-state index contributed by atoms with van der Waals surface area (Å²) in [4.78, 5) is 73.7. The summed E-state index contributed by atoms with van der Waals surface area (Å²) < 4.78 is 5.01. The summed E-state index contributed by atoms with van der Waals surface area (Å²) in [6.07, 6.45) is 0. The minimum Gasteiger partial charge on any atom is -0.462 e. The first-order valence-electron chi connectivity index (χ1n) is 9.58. The average molecular weight is 474 g/mol. The minimum atomic E-state index is -0.975. The second-order valence-corrected chi connectivity index (χ2v) is 7.78. The van der Waals surface area contributed by atoms with Crippen molar-refractivity contribution in [2.24, 2.45) is 0 Å². The smallest absolute Gasteiger partial charge is 0.341 e. The molecule has 1 aliphatic heterocycles. The summed E-state index contributed by atoms with van der Waals surface area (Å²) in [5.41, 5.74) is -0.830. The van der Waals surface area contributed by atoms with Gasteiger partial charge in [-0.15, -0.1) is 11.3 Å². The zero-order chi connectivity index (χ0) is 24.4. The molecule has 0 bridgehead atoms. The van der Waals surface area contributed by atoms with Gasteiger partial charge in [-0.3, -0.25) is 34.2 Å². The van der Waals surface area contributed by atoms with E-state index in [1.54, 1.807) is 6.92 Å². The standard InChI is InChI=1S/C20H18N4O8S/c1-4-32-20(29)13-9(2)15(16(26)21-3)33-17(13)22-12(25)8-23-18(27)10-6-5-7-11(24(30)31)14(10)19(23)28/h5-7H,4,8H2,1-3H3,(H,21,26)(H,22,25). The number of nitro groups is 1. The Kier molecular flexibility index (Phi) is 6.53. The number of amides is 4. The Balaban J connectivity index is 1.88. The number of esters is 1. The summed E-state index contributed by atoms with van der Waals surface area (Å²) in [5, 5.41) is 16.1. The average Bonchev–Trinajstić information content (AvgIpc) is 3.22. The van der Waals surface area contributed by atoms with E-state index in [9.17, 15) is 34.1 Å². The van der Waals surface area contributed by atoms with Gasteiger partial charge >= 0.3 is 5.97 Å². The number of imide groups is 1. The van der Waals surface area contributed by atoms with Crippen molar-refractivity contribution in [3.8, 4) is 0 Å². The van der Waals surface area contributed by atoms with Gasteiger partial charge in [0.1, 0.15) is 17.1 Å². The molecule has 33 heavy (non-hydrogen) atoms. The lowest BCUT2D eigenvalue weighted by Gasteiger charge is -2.13. The van der Waals surface area contributed by atoms with Gasteiger partial charge in [0, 0.05) is 13.1 Å². The second-order valence-electron chi connectivity index (χ2n) is 6.76. The van der Waals surface area contributed by atoms with Crippen LogP contribution in [-0.4, -0.2) is 59.6 Å². The first-order chi connectivity index (χ1) is 15.6. The van der Waals surface area contributed by atoms with Crippen molar-refractivity contribution in [3.63, 3.8) is 0 Å². The number of carbonyl (C=O) groups excluding carboxylic acids is 5. The van der Waals surface area contributed by atoms with Crippen LogP contribution in [-0.2, 0) is 9.53 Å². The van der Waals surface area contributed by atoms with Crippen LogP contribution in [0, 0.1) is 17.0 Å². The highest BCUT2D eigenvalue weighted by Gasteiger charge is 2.41. The number of nitro benzene ring substituents is 1. The number of thiophene rings is 1. The molecule has 0 fully saturated rings. The molecular formula is C20H18N4O8S. The van der Waals surface area contributed by atoms with Crippen LogP contribution in [0.15, 0.2) is 18.2 Å². The van der Waals surface area contributed by atoms with Crippen molar-refractivity contribution in [2.75, 3.05) is 25.5 Å². The molecule has 13 heteroatoms. The summed E-state index contributed by atoms with van der Waals surface area (Å²) in [6.45, 7) is 2.42. The predicted molar refractivity (Wildman–Crippen MR) is 115 cm³/mol. The number of fused-ring (bicyclic) bond motifs is 1. The second kappa shape index (κ2) is 9.16. The number of hydrogen-bond donors (Lipinski definition) is 2. The third kappa shape index (κ3) is 4.17. The van der Waals surface area contributed by atoms with E-state index in [0.717, 1.165) is 17.4 Å². The van der Waals surface area contributed by atoms with Gasteiger partial charge in [0.25, 0.3) is 23.4 Å². The molecule has 172 valence electrons. The van der Waals surface area contributed by atoms with Crippen LogP contribution in [0.5, 0.6) is 0 Å². The van der Waals surface area contributed by atoms with Gasteiger partial charge in [0.15, 0.2) is 0 Å². The maximum atomic E-state index is 12.7.